The smallest absolute Gasteiger partial charge is 0.214 e. The molecule has 0 N–H and O–H groups in total. The van der Waals surface area contributed by atoms with Gasteiger partial charge in [-0.1, -0.05) is 33.2 Å². The van der Waals surface area contributed by atoms with Gasteiger partial charge in [-0.2, -0.15) is 4.98 Å². The fraction of sp³-hybridized carbons (Fsp3) is 0.111. The quantitative estimate of drug-likeness (QED) is 0.767. The molecule has 0 bridgehead atoms. The van der Waals surface area contributed by atoms with Gasteiger partial charge in [0.1, 0.15) is 0 Å². The van der Waals surface area contributed by atoms with Gasteiger partial charge in [-0.15, -0.1) is 0 Å². The van der Waals surface area contributed by atoms with Crippen LogP contribution in [0, 0.1) is 6.92 Å². The van der Waals surface area contributed by atoms with Gasteiger partial charge in [0, 0.05) is 10.0 Å². The summed E-state index contributed by atoms with van der Waals surface area (Å²) in [4.78, 5) is 3.99. The lowest BCUT2D eigenvalue weighted by atomic mass is 10.1. The molecular formula is C9H7BrN2O. The predicted octanol–water partition coefficient (Wildman–Crippen LogP) is 2.81. The number of nitrogens with zero attached hydrogens (tertiary/aromatic N) is 2. The molecule has 0 spiro atoms. The van der Waals surface area contributed by atoms with E-state index in [2.05, 4.69) is 30.6 Å². The van der Waals surface area contributed by atoms with Crippen LogP contribution in [0.3, 0.4) is 0 Å². The maximum atomic E-state index is 4.69. The molecule has 1 aromatic carbocycles. The molecule has 0 fully saturated rings. The molecule has 0 aliphatic rings. The minimum Gasteiger partial charge on any atom is -0.342 e. The first-order valence-corrected chi connectivity index (χ1v) is 4.60. The van der Waals surface area contributed by atoms with Crippen LogP contribution in [0.25, 0.3) is 11.4 Å². The van der Waals surface area contributed by atoms with Crippen molar-refractivity contribution in [3.8, 4) is 11.4 Å². The molecule has 2 aromatic rings. The summed E-state index contributed by atoms with van der Waals surface area (Å²) >= 11 is 3.45. The lowest BCUT2D eigenvalue weighted by Crippen LogP contribution is -1.85. The highest BCUT2D eigenvalue weighted by Crippen LogP contribution is 2.25. The van der Waals surface area contributed by atoms with Gasteiger partial charge < -0.3 is 4.52 Å². The maximum Gasteiger partial charge on any atom is 0.214 e. The van der Waals surface area contributed by atoms with Crippen LogP contribution >= 0.6 is 15.9 Å². The molecule has 0 unspecified atom stereocenters. The van der Waals surface area contributed by atoms with E-state index in [4.69, 9.17) is 0 Å². The zero-order valence-electron chi connectivity index (χ0n) is 6.99. The van der Waals surface area contributed by atoms with Crippen LogP contribution in [0.2, 0.25) is 0 Å². The fourth-order valence-corrected chi connectivity index (χ4v) is 1.51. The Morgan fingerprint density at radius 3 is 2.92 bits per heavy atom. The van der Waals surface area contributed by atoms with E-state index in [0.29, 0.717) is 5.82 Å². The number of halogens is 1. The summed E-state index contributed by atoms with van der Waals surface area (Å²) in [6.45, 7) is 2.01. The van der Waals surface area contributed by atoms with Crippen LogP contribution < -0.4 is 0 Å². The van der Waals surface area contributed by atoms with E-state index in [1.807, 2.05) is 25.1 Å². The first kappa shape index (κ1) is 8.44. The molecule has 66 valence electrons. The molecule has 1 heterocycles. The largest absolute Gasteiger partial charge is 0.342 e. The number of benzene rings is 1. The minimum absolute atomic E-state index is 0.624. The molecule has 0 saturated carbocycles. The lowest BCUT2D eigenvalue weighted by Gasteiger charge is -2.01. The van der Waals surface area contributed by atoms with Gasteiger partial charge in [-0.05, 0) is 18.6 Å². The van der Waals surface area contributed by atoms with Gasteiger partial charge in [0.25, 0.3) is 0 Å². The molecule has 1 aromatic heterocycles. The average molecular weight is 239 g/mol. The highest BCUT2D eigenvalue weighted by molar-refractivity contribution is 9.10. The highest BCUT2D eigenvalue weighted by atomic mass is 79.9. The van der Waals surface area contributed by atoms with Crippen molar-refractivity contribution in [2.75, 3.05) is 0 Å². The van der Waals surface area contributed by atoms with Crippen molar-refractivity contribution in [1.82, 2.24) is 10.1 Å². The third-order valence-corrected chi connectivity index (χ3v) is 2.73. The van der Waals surface area contributed by atoms with Crippen LogP contribution in [0.5, 0.6) is 0 Å². The Bertz CT molecular complexity index is 412. The monoisotopic (exact) mass is 238 g/mol. The number of hydrogen-bond donors (Lipinski definition) is 0. The van der Waals surface area contributed by atoms with Gasteiger partial charge in [-0.25, -0.2) is 0 Å². The zero-order valence-corrected chi connectivity index (χ0v) is 8.58. The van der Waals surface area contributed by atoms with Crippen molar-refractivity contribution in [2.24, 2.45) is 0 Å². The van der Waals surface area contributed by atoms with Gasteiger partial charge in [0.2, 0.25) is 12.2 Å². The molecule has 0 aliphatic heterocycles. The van der Waals surface area contributed by atoms with E-state index in [0.717, 1.165) is 15.6 Å². The second-order valence-electron chi connectivity index (χ2n) is 2.67. The second-order valence-corrected chi connectivity index (χ2v) is 3.52. The molecule has 0 radical (unpaired) electrons. The zero-order chi connectivity index (χ0) is 9.26. The Balaban J connectivity index is 2.59. The maximum absolute atomic E-state index is 4.69. The van der Waals surface area contributed by atoms with E-state index in [-0.39, 0.29) is 0 Å². The van der Waals surface area contributed by atoms with Gasteiger partial charge in [-0.3, -0.25) is 0 Å². The molecular weight excluding hydrogens is 232 g/mol. The van der Waals surface area contributed by atoms with Crippen molar-refractivity contribution in [1.29, 1.82) is 0 Å². The number of hydrogen-bond acceptors (Lipinski definition) is 3. The fourth-order valence-electron chi connectivity index (χ4n) is 1.14. The van der Waals surface area contributed by atoms with Crippen molar-refractivity contribution in [3.05, 3.63) is 34.6 Å². The summed E-state index contributed by atoms with van der Waals surface area (Å²) in [7, 11) is 0. The SMILES string of the molecule is Cc1c(Br)cccc1-c1ncon1. The highest BCUT2D eigenvalue weighted by Gasteiger charge is 2.07. The average Bonchev–Trinajstić information content (AvgIpc) is 2.62. The summed E-state index contributed by atoms with van der Waals surface area (Å²) in [5.74, 6) is 0.624. The molecule has 0 amide bonds. The molecule has 13 heavy (non-hydrogen) atoms. The van der Waals surface area contributed by atoms with Gasteiger partial charge in [0.15, 0.2) is 0 Å². The third-order valence-electron chi connectivity index (χ3n) is 1.87. The normalized spacial score (nSPS) is 10.3. The summed E-state index contributed by atoms with van der Waals surface area (Å²) in [6.07, 6.45) is 1.33. The molecule has 0 saturated heterocycles. The van der Waals surface area contributed by atoms with Crippen LogP contribution in [0.4, 0.5) is 0 Å². The first-order valence-electron chi connectivity index (χ1n) is 3.81. The van der Waals surface area contributed by atoms with Crippen molar-refractivity contribution < 1.29 is 4.52 Å². The predicted molar refractivity (Wildman–Crippen MR) is 52.2 cm³/mol. The van der Waals surface area contributed by atoms with Crippen LogP contribution in [-0.2, 0) is 0 Å². The molecule has 3 nitrogen and oxygen atoms in total. The molecule has 4 heteroatoms. The molecule has 0 atom stereocenters. The van der Waals surface area contributed by atoms with Crippen LogP contribution in [-0.4, -0.2) is 10.1 Å². The van der Waals surface area contributed by atoms with E-state index >= 15 is 0 Å². The third kappa shape index (κ3) is 1.49. The summed E-state index contributed by atoms with van der Waals surface area (Å²) in [5.41, 5.74) is 2.10. The van der Waals surface area contributed by atoms with E-state index in [9.17, 15) is 0 Å². The second kappa shape index (κ2) is 3.30. The summed E-state index contributed by atoms with van der Waals surface area (Å²) in [5, 5.41) is 3.78. The van der Waals surface area contributed by atoms with Crippen LogP contribution in [0.15, 0.2) is 33.6 Å². The van der Waals surface area contributed by atoms with E-state index in [1.165, 1.54) is 6.39 Å². The van der Waals surface area contributed by atoms with Crippen molar-refractivity contribution in [2.45, 2.75) is 6.92 Å². The minimum atomic E-state index is 0.624. The lowest BCUT2D eigenvalue weighted by molar-refractivity contribution is 0.418. The molecule has 0 aliphatic carbocycles. The summed E-state index contributed by atoms with van der Waals surface area (Å²) in [6, 6.07) is 5.90. The Morgan fingerprint density at radius 2 is 2.23 bits per heavy atom. The van der Waals surface area contributed by atoms with Gasteiger partial charge in [0.05, 0.1) is 0 Å². The van der Waals surface area contributed by atoms with E-state index < -0.39 is 0 Å². The summed E-state index contributed by atoms with van der Waals surface area (Å²) < 4.78 is 5.74. The Morgan fingerprint density at radius 1 is 1.38 bits per heavy atom. The Hall–Kier alpha value is -1.16. The van der Waals surface area contributed by atoms with Crippen molar-refractivity contribution in [3.63, 3.8) is 0 Å². The topological polar surface area (TPSA) is 38.9 Å². The standard InChI is InChI=1S/C9H7BrN2O/c1-6-7(3-2-4-8(6)10)9-11-5-13-12-9/h2-5H,1H3. The van der Waals surface area contributed by atoms with Crippen LogP contribution in [0.1, 0.15) is 5.56 Å². The number of aromatic nitrogens is 2. The van der Waals surface area contributed by atoms with E-state index in [1.54, 1.807) is 0 Å². The molecule has 2 rings (SSSR count). The Kier molecular flexibility index (Phi) is 2.14. The van der Waals surface area contributed by atoms with Crippen molar-refractivity contribution >= 4 is 15.9 Å². The first-order chi connectivity index (χ1) is 6.29. The Labute approximate surface area is 83.9 Å². The number of rotatable bonds is 1. The van der Waals surface area contributed by atoms with Gasteiger partial charge >= 0.3 is 0 Å².